The molecular formula is C11H13N5O2. The van der Waals surface area contributed by atoms with Crippen LogP contribution in [0.1, 0.15) is 5.82 Å². The molecule has 0 saturated heterocycles. The van der Waals surface area contributed by atoms with Crippen LogP contribution >= 0.6 is 0 Å². The van der Waals surface area contributed by atoms with Crippen LogP contribution in [0.3, 0.4) is 0 Å². The molecule has 0 unspecified atom stereocenters. The normalized spacial score (nSPS) is 10.1. The molecule has 2 heterocycles. The fraction of sp³-hybridized carbons (Fsp3) is 0.182. The molecule has 2 aromatic heterocycles. The van der Waals surface area contributed by atoms with Gasteiger partial charge in [0, 0.05) is 12.3 Å². The summed E-state index contributed by atoms with van der Waals surface area (Å²) in [7, 11) is 0. The summed E-state index contributed by atoms with van der Waals surface area (Å²) >= 11 is 0. The third-order valence-corrected chi connectivity index (χ3v) is 2.12. The van der Waals surface area contributed by atoms with Crippen molar-refractivity contribution >= 4 is 23.4 Å². The number of carboxylic acid groups (broad SMARTS) is 1. The fourth-order valence-electron chi connectivity index (χ4n) is 1.43. The Labute approximate surface area is 103 Å². The van der Waals surface area contributed by atoms with Gasteiger partial charge < -0.3 is 20.7 Å². The predicted octanol–water partition coefficient (Wildman–Crippen LogP) is 1.35. The van der Waals surface area contributed by atoms with E-state index >= 15 is 0 Å². The lowest BCUT2D eigenvalue weighted by Gasteiger charge is -2.07. The van der Waals surface area contributed by atoms with Crippen LogP contribution in [0.25, 0.3) is 0 Å². The molecule has 0 amide bonds. The Kier molecular flexibility index (Phi) is 3.42. The van der Waals surface area contributed by atoms with E-state index in [1.54, 1.807) is 19.2 Å². The van der Waals surface area contributed by atoms with E-state index in [2.05, 4.69) is 25.6 Å². The molecule has 0 aliphatic carbocycles. The van der Waals surface area contributed by atoms with Crippen LogP contribution in [0.4, 0.5) is 17.5 Å². The Hall–Kier alpha value is -2.57. The first-order valence-electron chi connectivity index (χ1n) is 5.35. The topological polar surface area (TPSA) is 103 Å². The summed E-state index contributed by atoms with van der Waals surface area (Å²) in [6.45, 7) is 1.56. The zero-order valence-corrected chi connectivity index (χ0v) is 9.77. The summed E-state index contributed by atoms with van der Waals surface area (Å²) < 4.78 is 0. The van der Waals surface area contributed by atoms with Gasteiger partial charge in [0.15, 0.2) is 0 Å². The van der Waals surface area contributed by atoms with Gasteiger partial charge in [-0.15, -0.1) is 0 Å². The zero-order chi connectivity index (χ0) is 13.0. The number of anilines is 3. The first-order chi connectivity index (χ1) is 8.63. The molecule has 4 N–H and O–H groups in total. The number of nitrogens with one attached hydrogen (secondary N) is 3. The monoisotopic (exact) mass is 247 g/mol. The van der Waals surface area contributed by atoms with Gasteiger partial charge in [-0.05, 0) is 19.1 Å². The maximum atomic E-state index is 10.5. The van der Waals surface area contributed by atoms with Gasteiger partial charge in [0.1, 0.15) is 29.8 Å². The molecule has 2 rings (SSSR count). The van der Waals surface area contributed by atoms with Gasteiger partial charge in [0.2, 0.25) is 0 Å². The number of nitrogens with zero attached hydrogens (tertiary/aromatic N) is 2. The predicted molar refractivity (Wildman–Crippen MR) is 67.0 cm³/mol. The Bertz CT molecular complexity index is 538. The Morgan fingerprint density at radius 3 is 2.89 bits per heavy atom. The number of H-pyrrole nitrogens is 1. The molecule has 7 heteroatoms. The maximum Gasteiger partial charge on any atom is 0.322 e. The van der Waals surface area contributed by atoms with Gasteiger partial charge in [-0.1, -0.05) is 0 Å². The summed E-state index contributed by atoms with van der Waals surface area (Å²) in [4.78, 5) is 21.8. The first kappa shape index (κ1) is 11.9. The van der Waals surface area contributed by atoms with Gasteiger partial charge in [0.25, 0.3) is 0 Å². The van der Waals surface area contributed by atoms with Gasteiger partial charge in [0.05, 0.1) is 0 Å². The lowest BCUT2D eigenvalue weighted by atomic mass is 10.4. The lowest BCUT2D eigenvalue weighted by Crippen LogP contribution is -2.14. The molecule has 18 heavy (non-hydrogen) atoms. The van der Waals surface area contributed by atoms with E-state index in [4.69, 9.17) is 5.11 Å². The lowest BCUT2D eigenvalue weighted by molar-refractivity contribution is -0.134. The standard InChI is InChI=1S/C11H13N5O2/c1-7-14-9(13-6-11(17)18)5-10(15-7)16-8-3-2-4-12-8/h2-5,12H,6H2,1H3,(H,17,18)(H2,13,14,15,16). The SMILES string of the molecule is Cc1nc(NCC(=O)O)cc(Nc2ccc[nH]2)n1. The van der Waals surface area contributed by atoms with Gasteiger partial charge in [-0.3, -0.25) is 4.79 Å². The van der Waals surface area contributed by atoms with E-state index in [1.165, 1.54) is 0 Å². The average Bonchev–Trinajstić information content (AvgIpc) is 2.78. The smallest absolute Gasteiger partial charge is 0.322 e. The van der Waals surface area contributed by atoms with Crippen molar-refractivity contribution in [3.05, 3.63) is 30.2 Å². The number of hydrogen-bond acceptors (Lipinski definition) is 5. The molecule has 0 fully saturated rings. The van der Waals surface area contributed by atoms with Crippen molar-refractivity contribution in [1.82, 2.24) is 15.0 Å². The van der Waals surface area contributed by atoms with Gasteiger partial charge in [-0.25, -0.2) is 9.97 Å². The molecule has 7 nitrogen and oxygen atoms in total. The summed E-state index contributed by atoms with van der Waals surface area (Å²) in [5.74, 6) is 1.48. The molecule has 0 aliphatic rings. The van der Waals surface area contributed by atoms with E-state index in [9.17, 15) is 4.79 Å². The average molecular weight is 247 g/mol. The quantitative estimate of drug-likeness (QED) is 0.636. The summed E-state index contributed by atoms with van der Waals surface area (Å²) in [6, 6.07) is 5.37. The minimum Gasteiger partial charge on any atom is -0.480 e. The van der Waals surface area contributed by atoms with Crippen LogP contribution < -0.4 is 10.6 Å². The minimum absolute atomic E-state index is 0.182. The minimum atomic E-state index is -0.940. The molecule has 94 valence electrons. The zero-order valence-electron chi connectivity index (χ0n) is 9.77. The Morgan fingerprint density at radius 2 is 2.22 bits per heavy atom. The maximum absolute atomic E-state index is 10.5. The fourth-order valence-corrected chi connectivity index (χ4v) is 1.43. The van der Waals surface area contributed by atoms with Crippen molar-refractivity contribution in [2.24, 2.45) is 0 Å². The van der Waals surface area contributed by atoms with Crippen LogP contribution in [-0.4, -0.2) is 32.6 Å². The highest BCUT2D eigenvalue weighted by atomic mass is 16.4. The van der Waals surface area contributed by atoms with Crippen LogP contribution in [0, 0.1) is 6.92 Å². The molecule has 0 spiro atoms. The molecule has 0 aliphatic heterocycles. The molecular weight excluding hydrogens is 234 g/mol. The van der Waals surface area contributed by atoms with E-state index in [-0.39, 0.29) is 6.54 Å². The van der Waals surface area contributed by atoms with Crippen LogP contribution in [-0.2, 0) is 4.79 Å². The van der Waals surface area contributed by atoms with Gasteiger partial charge in [-0.2, -0.15) is 0 Å². The molecule has 0 bridgehead atoms. The molecule has 2 aromatic rings. The third-order valence-electron chi connectivity index (χ3n) is 2.12. The second-order valence-electron chi connectivity index (χ2n) is 3.64. The Morgan fingerprint density at radius 1 is 1.44 bits per heavy atom. The van der Waals surface area contributed by atoms with E-state index in [0.29, 0.717) is 17.5 Å². The van der Waals surface area contributed by atoms with Crippen LogP contribution in [0.2, 0.25) is 0 Å². The summed E-state index contributed by atoms with van der Waals surface area (Å²) in [5.41, 5.74) is 0. The highest BCUT2D eigenvalue weighted by molar-refractivity contribution is 5.72. The van der Waals surface area contributed by atoms with Crippen molar-refractivity contribution in [1.29, 1.82) is 0 Å². The highest BCUT2D eigenvalue weighted by Gasteiger charge is 2.04. The number of rotatable bonds is 5. The largest absolute Gasteiger partial charge is 0.480 e. The number of aromatic nitrogens is 3. The number of aryl methyl sites for hydroxylation is 1. The van der Waals surface area contributed by atoms with Crippen molar-refractivity contribution in [3.63, 3.8) is 0 Å². The van der Waals surface area contributed by atoms with Crippen molar-refractivity contribution in [2.45, 2.75) is 6.92 Å². The highest BCUT2D eigenvalue weighted by Crippen LogP contribution is 2.15. The van der Waals surface area contributed by atoms with Crippen molar-refractivity contribution in [3.8, 4) is 0 Å². The Balaban J connectivity index is 2.13. The van der Waals surface area contributed by atoms with Crippen molar-refractivity contribution < 1.29 is 9.90 Å². The molecule has 0 radical (unpaired) electrons. The summed E-state index contributed by atoms with van der Waals surface area (Å²) in [6.07, 6.45) is 1.79. The second kappa shape index (κ2) is 5.17. The van der Waals surface area contributed by atoms with Gasteiger partial charge >= 0.3 is 5.97 Å². The number of carboxylic acids is 1. The molecule has 0 aromatic carbocycles. The summed E-state index contributed by atoms with van der Waals surface area (Å²) in [5, 5.41) is 14.4. The number of aromatic amines is 1. The van der Waals surface area contributed by atoms with E-state index in [0.717, 1.165) is 5.82 Å². The number of hydrogen-bond donors (Lipinski definition) is 4. The van der Waals surface area contributed by atoms with Crippen LogP contribution in [0.15, 0.2) is 24.4 Å². The number of carbonyl (C=O) groups is 1. The van der Waals surface area contributed by atoms with Crippen LogP contribution in [0.5, 0.6) is 0 Å². The van der Waals surface area contributed by atoms with E-state index < -0.39 is 5.97 Å². The first-order valence-corrected chi connectivity index (χ1v) is 5.35. The second-order valence-corrected chi connectivity index (χ2v) is 3.64. The van der Waals surface area contributed by atoms with E-state index in [1.807, 2.05) is 12.1 Å². The molecule has 0 atom stereocenters. The third kappa shape index (κ3) is 3.21. The molecule has 0 saturated carbocycles. The number of aliphatic carboxylic acids is 1. The van der Waals surface area contributed by atoms with Crippen molar-refractivity contribution in [2.75, 3.05) is 17.2 Å².